The van der Waals surface area contributed by atoms with Gasteiger partial charge in [-0.15, -0.1) is 0 Å². The monoisotopic (exact) mass is 251 g/mol. The third kappa shape index (κ3) is 3.05. The fourth-order valence-corrected chi connectivity index (χ4v) is 2.81. The van der Waals surface area contributed by atoms with Crippen LogP contribution in [0.3, 0.4) is 0 Å². The van der Waals surface area contributed by atoms with E-state index >= 15 is 0 Å². The van der Waals surface area contributed by atoms with Crippen molar-refractivity contribution in [3.8, 4) is 0 Å². The molecular formula is C14H25N3O. The Kier molecular flexibility index (Phi) is 4.27. The van der Waals surface area contributed by atoms with Gasteiger partial charge in [-0.25, -0.2) is 4.98 Å². The Morgan fingerprint density at radius 2 is 2.17 bits per heavy atom. The number of ether oxygens (including phenoxy) is 1. The maximum absolute atomic E-state index is 5.22. The Morgan fingerprint density at radius 3 is 2.83 bits per heavy atom. The third-order valence-electron chi connectivity index (χ3n) is 3.92. The molecular weight excluding hydrogens is 226 g/mol. The molecule has 1 aliphatic rings. The number of methoxy groups -OCH3 is 1. The number of nitrogens with zero attached hydrogens (tertiary/aromatic N) is 2. The summed E-state index contributed by atoms with van der Waals surface area (Å²) in [4.78, 5) is 4.46. The van der Waals surface area contributed by atoms with E-state index in [0.29, 0.717) is 12.6 Å². The van der Waals surface area contributed by atoms with Crippen LogP contribution >= 0.6 is 0 Å². The van der Waals surface area contributed by atoms with E-state index in [2.05, 4.69) is 28.7 Å². The van der Waals surface area contributed by atoms with Gasteiger partial charge in [-0.05, 0) is 26.7 Å². The van der Waals surface area contributed by atoms with Crippen LogP contribution in [0.5, 0.6) is 0 Å². The average Bonchev–Trinajstić information content (AvgIpc) is 2.77. The number of rotatable bonds is 5. The van der Waals surface area contributed by atoms with Gasteiger partial charge in [0.1, 0.15) is 0 Å². The highest BCUT2D eigenvalue weighted by molar-refractivity contribution is 5.31. The van der Waals surface area contributed by atoms with Gasteiger partial charge in [0, 0.05) is 25.0 Å². The molecule has 0 saturated heterocycles. The first-order valence-corrected chi connectivity index (χ1v) is 6.94. The fraction of sp³-hybridized carbons (Fsp3) is 0.786. The number of nitrogens with one attached hydrogen (secondary N) is 1. The topological polar surface area (TPSA) is 39.1 Å². The molecule has 0 aromatic carbocycles. The van der Waals surface area contributed by atoms with Crippen LogP contribution in [0.25, 0.3) is 0 Å². The number of anilines is 1. The molecule has 1 aliphatic carbocycles. The van der Waals surface area contributed by atoms with Crippen molar-refractivity contribution < 1.29 is 4.74 Å². The van der Waals surface area contributed by atoms with Gasteiger partial charge in [-0.3, -0.25) is 0 Å². The first-order valence-electron chi connectivity index (χ1n) is 6.94. The summed E-state index contributed by atoms with van der Waals surface area (Å²) in [7, 11) is 1.74. The van der Waals surface area contributed by atoms with Crippen molar-refractivity contribution in [1.82, 2.24) is 9.55 Å². The van der Waals surface area contributed by atoms with E-state index in [4.69, 9.17) is 4.74 Å². The fourth-order valence-electron chi connectivity index (χ4n) is 2.81. The van der Waals surface area contributed by atoms with Gasteiger partial charge in [0.15, 0.2) is 0 Å². The average molecular weight is 251 g/mol. The van der Waals surface area contributed by atoms with Gasteiger partial charge in [0.2, 0.25) is 5.95 Å². The molecule has 4 nitrogen and oxygen atoms in total. The van der Waals surface area contributed by atoms with E-state index in [1.807, 2.05) is 12.4 Å². The Labute approximate surface area is 110 Å². The highest BCUT2D eigenvalue weighted by Gasteiger charge is 2.28. The van der Waals surface area contributed by atoms with Crippen molar-refractivity contribution in [1.29, 1.82) is 0 Å². The predicted molar refractivity (Wildman–Crippen MR) is 73.9 cm³/mol. The summed E-state index contributed by atoms with van der Waals surface area (Å²) in [5, 5.41) is 3.64. The zero-order chi connectivity index (χ0) is 13.0. The summed E-state index contributed by atoms with van der Waals surface area (Å²) in [6.45, 7) is 5.17. The second-order valence-electron chi connectivity index (χ2n) is 5.71. The van der Waals surface area contributed by atoms with E-state index < -0.39 is 0 Å². The van der Waals surface area contributed by atoms with Gasteiger partial charge in [0.25, 0.3) is 0 Å². The molecule has 1 N–H and O–H groups in total. The van der Waals surface area contributed by atoms with E-state index in [-0.39, 0.29) is 5.54 Å². The second kappa shape index (κ2) is 5.74. The normalized spacial score (nSPS) is 20.6. The van der Waals surface area contributed by atoms with E-state index in [1.54, 1.807) is 7.11 Å². The summed E-state index contributed by atoms with van der Waals surface area (Å²) in [5.74, 6) is 0.976. The predicted octanol–water partition coefficient (Wildman–Crippen LogP) is 3.23. The summed E-state index contributed by atoms with van der Waals surface area (Å²) < 4.78 is 7.39. The van der Waals surface area contributed by atoms with Gasteiger partial charge in [-0.2, -0.15) is 0 Å². The van der Waals surface area contributed by atoms with Crippen molar-refractivity contribution in [3.63, 3.8) is 0 Å². The van der Waals surface area contributed by atoms with E-state index in [9.17, 15) is 0 Å². The minimum Gasteiger partial charge on any atom is -0.383 e. The Bertz CT molecular complexity index is 369. The SMILES string of the molecule is COCC(C)n1ccnc1NC1(C)CCCCC1. The zero-order valence-corrected chi connectivity index (χ0v) is 11.8. The Morgan fingerprint density at radius 1 is 1.44 bits per heavy atom. The number of hydrogen-bond acceptors (Lipinski definition) is 3. The molecule has 4 heteroatoms. The van der Waals surface area contributed by atoms with Crippen molar-refractivity contribution in [2.75, 3.05) is 19.0 Å². The molecule has 18 heavy (non-hydrogen) atoms. The highest BCUT2D eigenvalue weighted by atomic mass is 16.5. The molecule has 1 unspecified atom stereocenters. The molecule has 1 fully saturated rings. The Hall–Kier alpha value is -1.03. The lowest BCUT2D eigenvalue weighted by atomic mass is 9.83. The van der Waals surface area contributed by atoms with Crippen LogP contribution in [-0.4, -0.2) is 28.8 Å². The van der Waals surface area contributed by atoms with E-state index in [1.165, 1.54) is 32.1 Å². The molecule has 2 rings (SSSR count). The third-order valence-corrected chi connectivity index (χ3v) is 3.92. The molecule has 0 amide bonds. The molecule has 0 spiro atoms. The molecule has 1 aromatic rings. The molecule has 102 valence electrons. The summed E-state index contributed by atoms with van der Waals surface area (Å²) in [6.07, 6.45) is 10.4. The number of aromatic nitrogens is 2. The maximum atomic E-state index is 5.22. The van der Waals surface area contributed by atoms with E-state index in [0.717, 1.165) is 5.95 Å². The molecule has 1 atom stereocenters. The summed E-state index contributed by atoms with van der Waals surface area (Å²) >= 11 is 0. The van der Waals surface area contributed by atoms with Crippen molar-refractivity contribution in [2.45, 2.75) is 57.5 Å². The summed E-state index contributed by atoms with van der Waals surface area (Å²) in [5.41, 5.74) is 0.203. The van der Waals surface area contributed by atoms with Crippen LogP contribution in [0.2, 0.25) is 0 Å². The lowest BCUT2D eigenvalue weighted by molar-refractivity contribution is 0.162. The van der Waals surface area contributed by atoms with Crippen LogP contribution in [0.15, 0.2) is 12.4 Å². The molecule has 0 bridgehead atoms. The quantitative estimate of drug-likeness (QED) is 0.873. The molecule has 1 saturated carbocycles. The van der Waals surface area contributed by atoms with Crippen molar-refractivity contribution >= 4 is 5.95 Å². The molecule has 0 aliphatic heterocycles. The van der Waals surface area contributed by atoms with Crippen LogP contribution in [0, 0.1) is 0 Å². The Balaban J connectivity index is 2.07. The molecule has 1 heterocycles. The molecule has 1 aromatic heterocycles. The zero-order valence-electron chi connectivity index (χ0n) is 11.8. The first-order chi connectivity index (χ1) is 8.64. The van der Waals surface area contributed by atoms with Gasteiger partial charge in [0.05, 0.1) is 12.6 Å². The smallest absolute Gasteiger partial charge is 0.203 e. The van der Waals surface area contributed by atoms with Crippen LogP contribution < -0.4 is 5.32 Å². The number of imidazole rings is 1. The summed E-state index contributed by atoms with van der Waals surface area (Å²) in [6, 6.07) is 0.312. The minimum absolute atomic E-state index is 0.203. The van der Waals surface area contributed by atoms with Gasteiger partial charge in [-0.1, -0.05) is 19.3 Å². The minimum atomic E-state index is 0.203. The van der Waals surface area contributed by atoms with Crippen LogP contribution in [-0.2, 0) is 4.74 Å². The first kappa shape index (κ1) is 13.4. The van der Waals surface area contributed by atoms with Gasteiger partial charge < -0.3 is 14.6 Å². The largest absolute Gasteiger partial charge is 0.383 e. The lowest BCUT2D eigenvalue weighted by Gasteiger charge is -2.35. The highest BCUT2D eigenvalue weighted by Crippen LogP contribution is 2.31. The lowest BCUT2D eigenvalue weighted by Crippen LogP contribution is -2.38. The molecule has 0 radical (unpaired) electrons. The van der Waals surface area contributed by atoms with Crippen LogP contribution in [0.1, 0.15) is 52.0 Å². The van der Waals surface area contributed by atoms with Crippen molar-refractivity contribution in [2.24, 2.45) is 0 Å². The van der Waals surface area contributed by atoms with Gasteiger partial charge >= 0.3 is 0 Å². The van der Waals surface area contributed by atoms with Crippen LogP contribution in [0.4, 0.5) is 5.95 Å². The van der Waals surface area contributed by atoms with Crippen molar-refractivity contribution in [3.05, 3.63) is 12.4 Å². The maximum Gasteiger partial charge on any atom is 0.203 e. The second-order valence-corrected chi connectivity index (χ2v) is 5.71. The number of hydrogen-bond donors (Lipinski definition) is 1. The standard InChI is InChI=1S/C14H25N3O/c1-12(11-18-3)17-10-9-15-13(17)16-14(2)7-5-4-6-8-14/h9-10,12H,4-8,11H2,1-3H3,(H,15,16).